The summed E-state index contributed by atoms with van der Waals surface area (Å²) in [5.74, 6) is 0.574. The minimum absolute atomic E-state index is 0.300. The van der Waals surface area contributed by atoms with Crippen LogP contribution in [0.5, 0.6) is 5.75 Å². The first-order valence-corrected chi connectivity index (χ1v) is 6.29. The van der Waals surface area contributed by atoms with E-state index in [2.05, 4.69) is 18.6 Å². The molecule has 0 aromatic heterocycles. The minimum atomic E-state index is -0.630. The van der Waals surface area contributed by atoms with Crippen molar-refractivity contribution in [1.29, 1.82) is 0 Å². The van der Waals surface area contributed by atoms with Crippen molar-refractivity contribution in [2.45, 2.75) is 39.7 Å². The zero-order valence-corrected chi connectivity index (χ0v) is 12.2. The van der Waals surface area contributed by atoms with Gasteiger partial charge in [-0.1, -0.05) is 25.4 Å². The molecule has 0 aliphatic heterocycles. The average Bonchev–Trinajstić information content (AvgIpc) is 2.30. The molecule has 4 heteroatoms. The molecule has 0 fully saturated rings. The molecule has 0 unspecified atom stereocenters. The van der Waals surface area contributed by atoms with E-state index in [1.807, 2.05) is 19.1 Å². The maximum Gasteiger partial charge on any atom is 0.346 e. The molecule has 0 radical (unpaired) electrons. The Hall–Kier alpha value is -1.22. The van der Waals surface area contributed by atoms with Crippen LogP contribution in [0.2, 0.25) is 5.02 Å². The number of rotatable bonds is 4. The summed E-state index contributed by atoms with van der Waals surface area (Å²) in [6.07, 6.45) is -0.630. The lowest BCUT2D eigenvalue weighted by Gasteiger charge is -2.17. The Kier molecular flexibility index (Phi) is 5.03. The standard InChI is InChI=1S/C14H19ClO3/c1-8(2)11-7-13(9(3)6-12(11)15)18-10(4)14(16)17-5/h6-8,10H,1-5H3/t10-/m1/s1. The molecule has 0 spiro atoms. The molecule has 1 atom stereocenters. The van der Waals surface area contributed by atoms with Crippen molar-refractivity contribution < 1.29 is 14.3 Å². The van der Waals surface area contributed by atoms with Crippen molar-refractivity contribution in [3.63, 3.8) is 0 Å². The number of hydrogen-bond donors (Lipinski definition) is 0. The van der Waals surface area contributed by atoms with Gasteiger partial charge in [-0.25, -0.2) is 4.79 Å². The van der Waals surface area contributed by atoms with Crippen molar-refractivity contribution >= 4 is 17.6 Å². The van der Waals surface area contributed by atoms with Crippen molar-refractivity contribution in [2.24, 2.45) is 0 Å². The summed E-state index contributed by atoms with van der Waals surface area (Å²) in [5.41, 5.74) is 1.91. The smallest absolute Gasteiger partial charge is 0.346 e. The van der Waals surface area contributed by atoms with Gasteiger partial charge in [0.2, 0.25) is 0 Å². The van der Waals surface area contributed by atoms with Gasteiger partial charge in [0.1, 0.15) is 5.75 Å². The van der Waals surface area contributed by atoms with Crippen LogP contribution in [0.1, 0.15) is 37.8 Å². The summed E-state index contributed by atoms with van der Waals surface area (Å²) in [6, 6.07) is 3.75. The number of methoxy groups -OCH3 is 1. The lowest BCUT2D eigenvalue weighted by molar-refractivity contribution is -0.147. The molecule has 0 saturated heterocycles. The number of halogens is 1. The number of aryl methyl sites for hydroxylation is 1. The first kappa shape index (κ1) is 14.8. The summed E-state index contributed by atoms with van der Waals surface area (Å²) in [4.78, 5) is 11.3. The van der Waals surface area contributed by atoms with Crippen LogP contribution in [0.25, 0.3) is 0 Å². The molecule has 1 rings (SSSR count). The number of carbonyl (C=O) groups excluding carboxylic acids is 1. The van der Waals surface area contributed by atoms with Gasteiger partial charge in [-0.05, 0) is 43.0 Å². The van der Waals surface area contributed by atoms with E-state index in [0.29, 0.717) is 11.7 Å². The molecule has 0 aliphatic carbocycles. The molecule has 0 saturated carbocycles. The third kappa shape index (κ3) is 3.39. The van der Waals surface area contributed by atoms with Gasteiger partial charge < -0.3 is 9.47 Å². The van der Waals surface area contributed by atoms with Crippen LogP contribution < -0.4 is 4.74 Å². The largest absolute Gasteiger partial charge is 0.479 e. The van der Waals surface area contributed by atoms with E-state index in [1.54, 1.807) is 6.92 Å². The number of carbonyl (C=O) groups is 1. The van der Waals surface area contributed by atoms with Crippen LogP contribution in [0.4, 0.5) is 0 Å². The lowest BCUT2D eigenvalue weighted by Crippen LogP contribution is -2.25. The highest BCUT2D eigenvalue weighted by molar-refractivity contribution is 6.31. The van der Waals surface area contributed by atoms with Gasteiger partial charge in [0.15, 0.2) is 6.10 Å². The van der Waals surface area contributed by atoms with Gasteiger partial charge >= 0.3 is 5.97 Å². The molecule has 100 valence electrons. The molecule has 3 nitrogen and oxygen atoms in total. The summed E-state index contributed by atoms with van der Waals surface area (Å²) in [6.45, 7) is 7.68. The molecule has 1 aromatic rings. The zero-order valence-electron chi connectivity index (χ0n) is 11.4. The maximum absolute atomic E-state index is 11.3. The third-order valence-electron chi connectivity index (χ3n) is 2.75. The lowest BCUT2D eigenvalue weighted by atomic mass is 10.0. The molecule has 1 aromatic carbocycles. The van der Waals surface area contributed by atoms with Gasteiger partial charge in [-0.15, -0.1) is 0 Å². The fourth-order valence-electron chi connectivity index (χ4n) is 1.64. The van der Waals surface area contributed by atoms with Crippen molar-refractivity contribution in [3.05, 3.63) is 28.3 Å². The Labute approximate surface area is 113 Å². The van der Waals surface area contributed by atoms with E-state index in [-0.39, 0.29) is 0 Å². The molecular formula is C14H19ClO3. The number of benzene rings is 1. The average molecular weight is 271 g/mol. The Balaban J connectivity index is 3.02. The van der Waals surface area contributed by atoms with Crippen LogP contribution in [-0.2, 0) is 9.53 Å². The van der Waals surface area contributed by atoms with Gasteiger partial charge in [0, 0.05) is 5.02 Å². The number of ether oxygens (including phenoxy) is 2. The Morgan fingerprint density at radius 3 is 2.39 bits per heavy atom. The number of hydrogen-bond acceptors (Lipinski definition) is 3. The molecule has 18 heavy (non-hydrogen) atoms. The molecule has 0 amide bonds. The van der Waals surface area contributed by atoms with E-state index < -0.39 is 12.1 Å². The monoisotopic (exact) mass is 270 g/mol. The summed E-state index contributed by atoms with van der Waals surface area (Å²) in [7, 11) is 1.34. The predicted molar refractivity (Wildman–Crippen MR) is 72.4 cm³/mol. The maximum atomic E-state index is 11.3. The molecular weight excluding hydrogens is 252 g/mol. The SMILES string of the molecule is COC(=O)[C@@H](C)Oc1cc(C(C)C)c(Cl)cc1C. The first-order chi connectivity index (χ1) is 8.36. The summed E-state index contributed by atoms with van der Waals surface area (Å²) in [5, 5.41) is 0.723. The van der Waals surface area contributed by atoms with Crippen LogP contribution in [-0.4, -0.2) is 19.2 Å². The Morgan fingerprint density at radius 2 is 1.89 bits per heavy atom. The normalized spacial score (nSPS) is 12.4. The van der Waals surface area contributed by atoms with Crippen LogP contribution in [0, 0.1) is 6.92 Å². The first-order valence-electron chi connectivity index (χ1n) is 5.91. The van der Waals surface area contributed by atoms with Crippen LogP contribution in [0.15, 0.2) is 12.1 Å². The van der Waals surface area contributed by atoms with Gasteiger partial charge in [-0.2, -0.15) is 0 Å². The van der Waals surface area contributed by atoms with Crippen molar-refractivity contribution in [2.75, 3.05) is 7.11 Å². The Morgan fingerprint density at radius 1 is 1.28 bits per heavy atom. The Bertz CT molecular complexity index is 441. The molecule has 0 bridgehead atoms. The fourth-order valence-corrected chi connectivity index (χ4v) is 2.08. The van der Waals surface area contributed by atoms with E-state index >= 15 is 0 Å². The number of esters is 1. The highest BCUT2D eigenvalue weighted by atomic mass is 35.5. The van der Waals surface area contributed by atoms with Gasteiger partial charge in [0.05, 0.1) is 7.11 Å². The second kappa shape index (κ2) is 6.10. The second-order valence-corrected chi connectivity index (χ2v) is 4.98. The predicted octanol–water partition coefficient (Wildman–Crippen LogP) is 3.71. The van der Waals surface area contributed by atoms with Crippen LogP contribution >= 0.6 is 11.6 Å². The highest BCUT2D eigenvalue weighted by Gasteiger charge is 2.17. The van der Waals surface area contributed by atoms with Gasteiger partial charge in [0.25, 0.3) is 0 Å². The second-order valence-electron chi connectivity index (χ2n) is 4.58. The van der Waals surface area contributed by atoms with Crippen molar-refractivity contribution in [3.8, 4) is 5.75 Å². The summed E-state index contributed by atoms with van der Waals surface area (Å²) < 4.78 is 10.2. The van der Waals surface area contributed by atoms with E-state index in [4.69, 9.17) is 16.3 Å². The quantitative estimate of drug-likeness (QED) is 0.783. The van der Waals surface area contributed by atoms with E-state index in [9.17, 15) is 4.79 Å². The van der Waals surface area contributed by atoms with Crippen LogP contribution in [0.3, 0.4) is 0 Å². The highest BCUT2D eigenvalue weighted by Crippen LogP contribution is 2.31. The molecule has 0 aliphatic rings. The molecule has 0 N–H and O–H groups in total. The van der Waals surface area contributed by atoms with Gasteiger partial charge in [-0.3, -0.25) is 0 Å². The topological polar surface area (TPSA) is 35.5 Å². The third-order valence-corrected chi connectivity index (χ3v) is 3.08. The van der Waals surface area contributed by atoms with E-state index in [1.165, 1.54) is 7.11 Å². The molecule has 0 heterocycles. The van der Waals surface area contributed by atoms with Crippen molar-refractivity contribution in [1.82, 2.24) is 0 Å². The summed E-state index contributed by atoms with van der Waals surface area (Å²) >= 11 is 6.18. The van der Waals surface area contributed by atoms with E-state index in [0.717, 1.165) is 16.1 Å². The zero-order chi connectivity index (χ0) is 13.9. The fraction of sp³-hybridized carbons (Fsp3) is 0.500. The minimum Gasteiger partial charge on any atom is -0.479 e.